The highest BCUT2D eigenvalue weighted by Gasteiger charge is 2.52. The molecule has 0 bridgehead atoms. The summed E-state index contributed by atoms with van der Waals surface area (Å²) < 4.78 is 12.5. The first-order valence-electron chi connectivity index (χ1n) is 8.69. The van der Waals surface area contributed by atoms with Crippen LogP contribution < -0.4 is 0 Å². The minimum absolute atomic E-state index is 0.212. The minimum atomic E-state index is -0.256. The molecule has 0 amide bonds. The molecule has 0 unspecified atom stereocenters. The van der Waals surface area contributed by atoms with Crippen molar-refractivity contribution in [1.82, 2.24) is 0 Å². The molecule has 1 saturated heterocycles. The van der Waals surface area contributed by atoms with E-state index in [0.717, 1.165) is 6.42 Å². The van der Waals surface area contributed by atoms with E-state index in [2.05, 4.69) is 40.3 Å². The van der Waals surface area contributed by atoms with Crippen molar-refractivity contribution in [2.75, 3.05) is 0 Å². The highest BCUT2D eigenvalue weighted by atomic mass is 16.7. The van der Waals surface area contributed by atoms with Crippen molar-refractivity contribution < 1.29 is 9.31 Å². The van der Waals surface area contributed by atoms with E-state index in [1.165, 1.54) is 56.0 Å². The number of hydrogen-bond donors (Lipinski definition) is 0. The van der Waals surface area contributed by atoms with Crippen molar-refractivity contribution >= 4 is 7.12 Å². The Bertz CT molecular complexity index is 406. The van der Waals surface area contributed by atoms with E-state index in [1.54, 1.807) is 0 Å². The van der Waals surface area contributed by atoms with E-state index < -0.39 is 0 Å². The number of rotatable bonds is 4. The predicted octanol–water partition coefficient (Wildman–Crippen LogP) is 5.22. The van der Waals surface area contributed by atoms with Crippen LogP contribution in [-0.2, 0) is 9.31 Å². The maximum Gasteiger partial charge on any atom is 0.498 e. The van der Waals surface area contributed by atoms with Gasteiger partial charge in [0.25, 0.3) is 0 Å². The molecule has 1 heterocycles. The molecule has 0 radical (unpaired) electrons. The van der Waals surface area contributed by atoms with E-state index in [1.807, 2.05) is 0 Å². The molecule has 1 aliphatic heterocycles. The fourth-order valence-electron chi connectivity index (χ4n) is 2.92. The summed E-state index contributed by atoms with van der Waals surface area (Å²) in [4.78, 5) is 0. The Morgan fingerprint density at radius 3 is 2.14 bits per heavy atom. The summed E-state index contributed by atoms with van der Waals surface area (Å²) in [7, 11) is -0.212. The van der Waals surface area contributed by atoms with Gasteiger partial charge in [-0.15, -0.1) is 5.73 Å². The molecule has 0 atom stereocenters. The molecule has 2 fully saturated rings. The van der Waals surface area contributed by atoms with E-state index in [4.69, 9.17) is 9.31 Å². The highest BCUT2D eigenvalue weighted by Crippen LogP contribution is 2.39. The van der Waals surface area contributed by atoms with Crippen LogP contribution in [0, 0.1) is 0 Å². The first kappa shape index (κ1) is 16.9. The van der Waals surface area contributed by atoms with Crippen molar-refractivity contribution in [1.29, 1.82) is 0 Å². The molecule has 2 rings (SSSR count). The third kappa shape index (κ3) is 4.03. The first-order valence-corrected chi connectivity index (χ1v) is 8.69. The molecule has 0 N–H and O–H groups in total. The quantitative estimate of drug-likeness (QED) is 0.522. The van der Waals surface area contributed by atoms with Crippen LogP contribution in [0.2, 0.25) is 0 Å². The second-order valence-electron chi connectivity index (χ2n) is 7.51. The van der Waals surface area contributed by atoms with Crippen LogP contribution in [0.1, 0.15) is 86.0 Å². The molecule has 118 valence electrons. The Labute approximate surface area is 131 Å². The van der Waals surface area contributed by atoms with Crippen LogP contribution in [0.25, 0.3) is 0 Å². The van der Waals surface area contributed by atoms with Crippen LogP contribution in [0.15, 0.2) is 16.8 Å². The normalized spacial score (nSPS) is 24.0. The zero-order valence-corrected chi connectivity index (χ0v) is 14.6. The molecule has 2 aliphatic rings. The molecule has 3 heteroatoms. The third-order valence-electron chi connectivity index (χ3n) is 5.13. The molecular weight excluding hydrogens is 259 g/mol. The highest BCUT2D eigenvalue weighted by molar-refractivity contribution is 6.54. The lowest BCUT2D eigenvalue weighted by molar-refractivity contribution is 0.00578. The average Bonchev–Trinajstić information content (AvgIpc) is 2.64. The second kappa shape index (κ2) is 6.73. The summed E-state index contributed by atoms with van der Waals surface area (Å²) in [6.45, 7) is 10.7. The SMILES string of the molecule is CCCCC(=C=C1CCCCC1)B1OC(C)(C)C(C)(C)O1. The first-order chi connectivity index (χ1) is 9.86. The molecule has 1 aliphatic carbocycles. The molecule has 0 spiro atoms. The van der Waals surface area contributed by atoms with Gasteiger partial charge in [0.2, 0.25) is 0 Å². The average molecular weight is 290 g/mol. The van der Waals surface area contributed by atoms with Gasteiger partial charge in [-0.2, -0.15) is 0 Å². The van der Waals surface area contributed by atoms with E-state index >= 15 is 0 Å². The molecule has 2 nitrogen and oxygen atoms in total. The Hall–Kier alpha value is -0.495. The van der Waals surface area contributed by atoms with Crippen molar-refractivity contribution in [3.05, 3.63) is 16.8 Å². The zero-order chi connectivity index (χ0) is 15.5. The standard InChI is InChI=1S/C18H31BO2/c1-6-7-13-16(14-15-11-9-8-10-12-15)19-20-17(2,3)18(4,5)21-19/h6-13H2,1-5H3. The maximum atomic E-state index is 6.23. The van der Waals surface area contributed by atoms with Crippen LogP contribution in [-0.4, -0.2) is 18.3 Å². The van der Waals surface area contributed by atoms with Gasteiger partial charge >= 0.3 is 7.12 Å². The van der Waals surface area contributed by atoms with Gasteiger partial charge in [-0.1, -0.05) is 19.8 Å². The maximum absolute atomic E-state index is 6.23. The Balaban J connectivity index is 2.23. The van der Waals surface area contributed by atoms with Crippen molar-refractivity contribution in [2.24, 2.45) is 0 Å². The largest absolute Gasteiger partial charge is 0.498 e. The number of unbranched alkanes of at least 4 members (excludes halogenated alkanes) is 1. The lowest BCUT2D eigenvalue weighted by Crippen LogP contribution is -2.41. The summed E-state index contributed by atoms with van der Waals surface area (Å²) in [5.41, 5.74) is 5.88. The third-order valence-corrected chi connectivity index (χ3v) is 5.13. The van der Waals surface area contributed by atoms with Gasteiger partial charge in [-0.25, -0.2) is 0 Å². The summed E-state index contributed by atoms with van der Waals surface area (Å²) in [6.07, 6.45) is 9.81. The van der Waals surface area contributed by atoms with Crippen molar-refractivity contribution in [3.63, 3.8) is 0 Å². The molecule has 21 heavy (non-hydrogen) atoms. The van der Waals surface area contributed by atoms with Gasteiger partial charge in [0.05, 0.1) is 11.2 Å². The van der Waals surface area contributed by atoms with Crippen LogP contribution in [0.3, 0.4) is 0 Å². The zero-order valence-electron chi connectivity index (χ0n) is 14.6. The van der Waals surface area contributed by atoms with Gasteiger partial charge in [0.15, 0.2) is 0 Å². The molecular formula is C18H31BO2. The summed E-state index contributed by atoms with van der Waals surface area (Å²) in [5, 5.41) is 0. The van der Waals surface area contributed by atoms with Crippen molar-refractivity contribution in [2.45, 2.75) is 97.2 Å². The van der Waals surface area contributed by atoms with Crippen LogP contribution in [0.5, 0.6) is 0 Å². The second-order valence-corrected chi connectivity index (χ2v) is 7.51. The Morgan fingerprint density at radius 2 is 1.62 bits per heavy atom. The van der Waals surface area contributed by atoms with E-state index in [0.29, 0.717) is 0 Å². The predicted molar refractivity (Wildman–Crippen MR) is 89.2 cm³/mol. The van der Waals surface area contributed by atoms with Crippen LogP contribution >= 0.6 is 0 Å². The summed E-state index contributed by atoms with van der Waals surface area (Å²) in [6, 6.07) is 0. The fraction of sp³-hybridized carbons (Fsp3) is 0.833. The molecule has 1 saturated carbocycles. The summed E-state index contributed by atoms with van der Waals surface area (Å²) >= 11 is 0. The Morgan fingerprint density at radius 1 is 1.05 bits per heavy atom. The summed E-state index contributed by atoms with van der Waals surface area (Å²) in [5.74, 6) is 0. The number of hydrogen-bond acceptors (Lipinski definition) is 2. The lowest BCUT2D eigenvalue weighted by Gasteiger charge is -2.32. The molecule has 0 aromatic carbocycles. The molecule has 0 aromatic rings. The molecule has 0 aromatic heterocycles. The lowest BCUT2D eigenvalue weighted by atomic mass is 9.75. The number of allylic oxidation sites excluding steroid dienone is 1. The van der Waals surface area contributed by atoms with Gasteiger partial charge in [0, 0.05) is 5.47 Å². The van der Waals surface area contributed by atoms with E-state index in [9.17, 15) is 0 Å². The monoisotopic (exact) mass is 290 g/mol. The van der Waals surface area contributed by atoms with Crippen LogP contribution in [0.4, 0.5) is 0 Å². The fourth-order valence-corrected chi connectivity index (χ4v) is 2.92. The topological polar surface area (TPSA) is 18.5 Å². The Kier molecular flexibility index (Phi) is 5.41. The van der Waals surface area contributed by atoms with Gasteiger partial charge < -0.3 is 9.31 Å². The van der Waals surface area contributed by atoms with Gasteiger partial charge in [-0.3, -0.25) is 0 Å². The smallest absolute Gasteiger partial charge is 0.399 e. The van der Waals surface area contributed by atoms with E-state index in [-0.39, 0.29) is 18.3 Å². The van der Waals surface area contributed by atoms with Gasteiger partial charge in [0.1, 0.15) is 0 Å². The minimum Gasteiger partial charge on any atom is -0.399 e. The van der Waals surface area contributed by atoms with Crippen molar-refractivity contribution in [3.8, 4) is 0 Å². The van der Waals surface area contributed by atoms with Gasteiger partial charge in [-0.05, 0) is 71.8 Å².